The van der Waals surface area contributed by atoms with Crippen molar-refractivity contribution in [3.05, 3.63) is 54.0 Å². The summed E-state index contributed by atoms with van der Waals surface area (Å²) >= 11 is 0. The summed E-state index contributed by atoms with van der Waals surface area (Å²) in [5.41, 5.74) is 1.32. The molecule has 0 aliphatic carbocycles. The molecule has 0 saturated carbocycles. The number of anilines is 1. The zero-order chi connectivity index (χ0) is 15.2. The van der Waals surface area contributed by atoms with Gasteiger partial charge < -0.3 is 19.7 Å². The molecule has 0 radical (unpaired) electrons. The standard InChI is InChI=1S/C16H20N2O3/c1-12(19)11-18(2)16(20)14-7-3-4-8-15(14)17-10-13-6-5-9-21-13/h3-9,12,17,19H,10-11H2,1-2H3. The number of hydrogen-bond donors (Lipinski definition) is 2. The van der Waals surface area contributed by atoms with Gasteiger partial charge in [0.1, 0.15) is 5.76 Å². The maximum Gasteiger partial charge on any atom is 0.255 e. The zero-order valence-electron chi connectivity index (χ0n) is 12.2. The van der Waals surface area contributed by atoms with Crippen molar-refractivity contribution >= 4 is 11.6 Å². The van der Waals surface area contributed by atoms with Crippen LogP contribution in [0.4, 0.5) is 5.69 Å². The Morgan fingerprint density at radius 1 is 1.33 bits per heavy atom. The van der Waals surface area contributed by atoms with Crippen molar-refractivity contribution in [2.75, 3.05) is 18.9 Å². The van der Waals surface area contributed by atoms with Gasteiger partial charge in [-0.25, -0.2) is 0 Å². The second kappa shape index (κ2) is 6.95. The molecule has 1 aromatic heterocycles. The highest BCUT2D eigenvalue weighted by Crippen LogP contribution is 2.18. The second-order valence-corrected chi connectivity index (χ2v) is 5.01. The summed E-state index contributed by atoms with van der Waals surface area (Å²) in [5.74, 6) is 0.674. The molecule has 0 spiro atoms. The number of para-hydroxylation sites is 1. The van der Waals surface area contributed by atoms with Gasteiger partial charge in [0.2, 0.25) is 0 Å². The summed E-state index contributed by atoms with van der Waals surface area (Å²) in [6.07, 6.45) is 1.06. The Balaban J connectivity index is 2.10. The predicted molar refractivity (Wildman–Crippen MR) is 81.1 cm³/mol. The molecule has 5 heteroatoms. The Bertz CT molecular complexity index is 579. The molecular weight excluding hydrogens is 268 g/mol. The third kappa shape index (κ3) is 4.10. The van der Waals surface area contributed by atoms with Crippen LogP contribution in [0.2, 0.25) is 0 Å². The highest BCUT2D eigenvalue weighted by atomic mass is 16.3. The molecule has 2 aromatic rings. The van der Waals surface area contributed by atoms with E-state index in [2.05, 4.69) is 5.32 Å². The molecule has 1 atom stereocenters. The Kier molecular flexibility index (Phi) is 5.00. The molecule has 0 bridgehead atoms. The first kappa shape index (κ1) is 15.1. The van der Waals surface area contributed by atoms with Gasteiger partial charge in [-0.3, -0.25) is 4.79 Å². The van der Waals surface area contributed by atoms with E-state index in [0.717, 1.165) is 11.4 Å². The fourth-order valence-electron chi connectivity index (χ4n) is 2.10. The SMILES string of the molecule is CC(O)CN(C)C(=O)c1ccccc1NCc1ccco1. The highest BCUT2D eigenvalue weighted by Gasteiger charge is 2.16. The number of nitrogens with one attached hydrogen (secondary N) is 1. The van der Waals surface area contributed by atoms with Crippen molar-refractivity contribution in [1.29, 1.82) is 0 Å². The summed E-state index contributed by atoms with van der Waals surface area (Å²) in [7, 11) is 1.68. The maximum atomic E-state index is 12.4. The molecule has 0 fully saturated rings. The Morgan fingerprint density at radius 2 is 2.10 bits per heavy atom. The first-order valence-corrected chi connectivity index (χ1v) is 6.86. The lowest BCUT2D eigenvalue weighted by atomic mass is 10.1. The maximum absolute atomic E-state index is 12.4. The average Bonchev–Trinajstić information content (AvgIpc) is 2.97. The third-order valence-electron chi connectivity index (χ3n) is 3.08. The number of carbonyl (C=O) groups is 1. The molecule has 1 aromatic carbocycles. The van der Waals surface area contributed by atoms with E-state index in [1.807, 2.05) is 30.3 Å². The third-order valence-corrected chi connectivity index (χ3v) is 3.08. The zero-order valence-corrected chi connectivity index (χ0v) is 12.2. The van der Waals surface area contributed by atoms with Gasteiger partial charge in [-0.1, -0.05) is 12.1 Å². The van der Waals surface area contributed by atoms with Crippen molar-refractivity contribution in [3.63, 3.8) is 0 Å². The first-order valence-electron chi connectivity index (χ1n) is 6.86. The minimum absolute atomic E-state index is 0.126. The summed E-state index contributed by atoms with van der Waals surface area (Å²) in [4.78, 5) is 13.9. The van der Waals surface area contributed by atoms with Crippen molar-refractivity contribution in [1.82, 2.24) is 4.90 Å². The Morgan fingerprint density at radius 3 is 2.76 bits per heavy atom. The summed E-state index contributed by atoms with van der Waals surface area (Å²) in [5, 5.41) is 12.6. The average molecular weight is 288 g/mol. The molecule has 5 nitrogen and oxygen atoms in total. The van der Waals surface area contributed by atoms with E-state index in [4.69, 9.17) is 4.42 Å². The molecule has 1 heterocycles. The summed E-state index contributed by atoms with van der Waals surface area (Å²) in [6, 6.07) is 11.0. The van der Waals surface area contributed by atoms with E-state index in [0.29, 0.717) is 18.7 Å². The van der Waals surface area contributed by atoms with Gasteiger partial charge >= 0.3 is 0 Å². The van der Waals surface area contributed by atoms with Gasteiger partial charge in [-0.15, -0.1) is 0 Å². The normalized spacial score (nSPS) is 12.0. The van der Waals surface area contributed by atoms with Crippen molar-refractivity contribution in [3.8, 4) is 0 Å². The van der Waals surface area contributed by atoms with E-state index in [9.17, 15) is 9.90 Å². The molecular formula is C16H20N2O3. The molecule has 0 saturated heterocycles. The van der Waals surface area contributed by atoms with E-state index < -0.39 is 6.10 Å². The number of aliphatic hydroxyl groups excluding tert-OH is 1. The van der Waals surface area contributed by atoms with E-state index in [-0.39, 0.29) is 5.91 Å². The lowest BCUT2D eigenvalue weighted by molar-refractivity contribution is 0.0704. The minimum Gasteiger partial charge on any atom is -0.467 e. The van der Waals surface area contributed by atoms with E-state index in [1.54, 1.807) is 26.3 Å². The molecule has 112 valence electrons. The largest absolute Gasteiger partial charge is 0.467 e. The number of aliphatic hydroxyl groups is 1. The predicted octanol–water partition coefficient (Wildman–Crippen LogP) is 2.34. The minimum atomic E-state index is -0.554. The van der Waals surface area contributed by atoms with Crippen LogP contribution in [0, 0.1) is 0 Å². The number of rotatable bonds is 6. The van der Waals surface area contributed by atoms with Crippen LogP contribution < -0.4 is 5.32 Å². The topological polar surface area (TPSA) is 65.7 Å². The number of carbonyl (C=O) groups excluding carboxylic acids is 1. The molecule has 1 amide bonds. The van der Waals surface area contributed by atoms with Crippen LogP contribution in [0.3, 0.4) is 0 Å². The van der Waals surface area contributed by atoms with Gasteiger partial charge in [0.05, 0.1) is 24.5 Å². The fourth-order valence-corrected chi connectivity index (χ4v) is 2.10. The monoisotopic (exact) mass is 288 g/mol. The Labute approximate surface area is 124 Å². The van der Waals surface area contributed by atoms with E-state index in [1.165, 1.54) is 4.90 Å². The van der Waals surface area contributed by atoms with Crippen molar-refractivity contribution < 1.29 is 14.3 Å². The van der Waals surface area contributed by atoms with E-state index >= 15 is 0 Å². The van der Waals surface area contributed by atoms with Gasteiger partial charge in [0.25, 0.3) is 5.91 Å². The first-order chi connectivity index (χ1) is 10.1. The lowest BCUT2D eigenvalue weighted by Gasteiger charge is -2.20. The molecule has 2 rings (SSSR count). The number of furan rings is 1. The lowest BCUT2D eigenvalue weighted by Crippen LogP contribution is -2.33. The molecule has 2 N–H and O–H groups in total. The number of likely N-dealkylation sites (N-methyl/N-ethyl adjacent to an activating group) is 1. The number of hydrogen-bond acceptors (Lipinski definition) is 4. The highest BCUT2D eigenvalue weighted by molar-refractivity contribution is 5.99. The smallest absolute Gasteiger partial charge is 0.255 e. The van der Waals surface area contributed by atoms with Crippen LogP contribution in [-0.2, 0) is 6.54 Å². The quantitative estimate of drug-likeness (QED) is 0.856. The van der Waals surface area contributed by atoms with Crippen LogP contribution in [0.5, 0.6) is 0 Å². The van der Waals surface area contributed by atoms with Crippen LogP contribution in [0.25, 0.3) is 0 Å². The summed E-state index contributed by atoms with van der Waals surface area (Å²) in [6.45, 7) is 2.47. The van der Waals surface area contributed by atoms with Gasteiger partial charge in [0.15, 0.2) is 0 Å². The second-order valence-electron chi connectivity index (χ2n) is 5.01. The van der Waals surface area contributed by atoms with Crippen LogP contribution in [0.15, 0.2) is 47.1 Å². The van der Waals surface area contributed by atoms with Gasteiger partial charge in [-0.2, -0.15) is 0 Å². The van der Waals surface area contributed by atoms with Gasteiger partial charge in [0, 0.05) is 19.3 Å². The van der Waals surface area contributed by atoms with Crippen LogP contribution in [0.1, 0.15) is 23.0 Å². The Hall–Kier alpha value is -2.27. The molecule has 0 aliphatic rings. The van der Waals surface area contributed by atoms with Crippen molar-refractivity contribution in [2.45, 2.75) is 19.6 Å². The fraction of sp³-hybridized carbons (Fsp3) is 0.312. The van der Waals surface area contributed by atoms with Crippen LogP contribution >= 0.6 is 0 Å². The van der Waals surface area contributed by atoms with Crippen LogP contribution in [-0.4, -0.2) is 35.6 Å². The molecule has 21 heavy (non-hydrogen) atoms. The number of amides is 1. The van der Waals surface area contributed by atoms with Crippen molar-refractivity contribution in [2.24, 2.45) is 0 Å². The number of nitrogens with zero attached hydrogens (tertiary/aromatic N) is 1. The summed E-state index contributed by atoms with van der Waals surface area (Å²) < 4.78 is 5.26. The molecule has 1 unspecified atom stereocenters. The van der Waals surface area contributed by atoms with Gasteiger partial charge in [-0.05, 0) is 31.2 Å². The number of benzene rings is 1. The molecule has 0 aliphatic heterocycles.